The average molecular weight is 238 g/mol. The maximum atomic E-state index is 5.41. The third-order valence-corrected chi connectivity index (χ3v) is 3.37. The fourth-order valence-electron chi connectivity index (χ4n) is 2.43. The minimum atomic E-state index is 0.901. The van der Waals surface area contributed by atoms with Gasteiger partial charge in [-0.15, -0.1) is 0 Å². The SMILES string of the molecule is COc1c(CCN2CCNCC2)c(C)nn1C. The molecule has 1 aromatic rings. The van der Waals surface area contributed by atoms with Crippen LogP contribution < -0.4 is 10.1 Å². The quantitative estimate of drug-likeness (QED) is 0.813. The topological polar surface area (TPSA) is 42.3 Å². The number of methoxy groups -OCH3 is 1. The molecule has 0 bridgehead atoms. The normalized spacial score (nSPS) is 17.4. The van der Waals surface area contributed by atoms with Gasteiger partial charge in [0.2, 0.25) is 5.88 Å². The van der Waals surface area contributed by atoms with Gasteiger partial charge in [-0.2, -0.15) is 5.10 Å². The molecule has 1 saturated heterocycles. The van der Waals surface area contributed by atoms with E-state index in [2.05, 4.69) is 22.2 Å². The molecule has 2 heterocycles. The number of hydrogen-bond acceptors (Lipinski definition) is 4. The van der Waals surface area contributed by atoms with Gasteiger partial charge < -0.3 is 15.0 Å². The second-order valence-electron chi connectivity index (χ2n) is 4.54. The van der Waals surface area contributed by atoms with Crippen LogP contribution in [0.2, 0.25) is 0 Å². The third-order valence-electron chi connectivity index (χ3n) is 3.37. The van der Waals surface area contributed by atoms with Gasteiger partial charge >= 0.3 is 0 Å². The Balaban J connectivity index is 1.97. The number of nitrogens with one attached hydrogen (secondary N) is 1. The lowest BCUT2D eigenvalue weighted by atomic mass is 10.1. The first kappa shape index (κ1) is 12.4. The molecule has 0 amide bonds. The van der Waals surface area contributed by atoms with Gasteiger partial charge in [-0.05, 0) is 13.3 Å². The van der Waals surface area contributed by atoms with E-state index in [-0.39, 0.29) is 0 Å². The van der Waals surface area contributed by atoms with E-state index < -0.39 is 0 Å². The van der Waals surface area contributed by atoms with E-state index in [1.165, 1.54) is 5.56 Å². The molecule has 0 spiro atoms. The predicted octanol–water partition coefficient (Wildman–Crippen LogP) is 0.185. The Labute approximate surface area is 103 Å². The van der Waals surface area contributed by atoms with Crippen molar-refractivity contribution in [3.05, 3.63) is 11.3 Å². The highest BCUT2D eigenvalue weighted by atomic mass is 16.5. The maximum absolute atomic E-state index is 5.41. The van der Waals surface area contributed by atoms with Crippen LogP contribution in [-0.2, 0) is 13.5 Å². The van der Waals surface area contributed by atoms with Crippen molar-refractivity contribution >= 4 is 0 Å². The highest BCUT2D eigenvalue weighted by molar-refractivity contribution is 5.31. The Morgan fingerprint density at radius 2 is 2.06 bits per heavy atom. The smallest absolute Gasteiger partial charge is 0.214 e. The zero-order chi connectivity index (χ0) is 12.3. The Bertz CT molecular complexity index is 369. The standard InChI is InChI=1S/C12H22N4O/c1-10-11(12(17-3)15(2)14-10)4-7-16-8-5-13-6-9-16/h13H,4-9H2,1-3H3. The summed E-state index contributed by atoms with van der Waals surface area (Å²) in [6, 6.07) is 0. The average Bonchev–Trinajstić information content (AvgIpc) is 2.62. The number of ether oxygens (including phenoxy) is 1. The minimum Gasteiger partial charge on any atom is -0.481 e. The van der Waals surface area contributed by atoms with E-state index in [0.29, 0.717) is 0 Å². The van der Waals surface area contributed by atoms with Crippen LogP contribution >= 0.6 is 0 Å². The summed E-state index contributed by atoms with van der Waals surface area (Å²) in [5, 5.41) is 7.77. The zero-order valence-electron chi connectivity index (χ0n) is 11.0. The molecule has 5 heteroatoms. The zero-order valence-corrected chi connectivity index (χ0v) is 11.0. The molecule has 0 atom stereocenters. The number of piperazine rings is 1. The molecule has 96 valence electrons. The van der Waals surface area contributed by atoms with Gasteiger partial charge in [0.25, 0.3) is 0 Å². The van der Waals surface area contributed by atoms with Crippen LogP contribution in [0.3, 0.4) is 0 Å². The third kappa shape index (κ3) is 2.79. The first-order chi connectivity index (χ1) is 8.22. The minimum absolute atomic E-state index is 0.901. The number of rotatable bonds is 4. The molecule has 0 saturated carbocycles. The molecule has 0 aromatic carbocycles. The molecule has 1 aliphatic rings. The summed E-state index contributed by atoms with van der Waals surface area (Å²) < 4.78 is 7.23. The molecule has 17 heavy (non-hydrogen) atoms. The molecule has 0 aliphatic carbocycles. The van der Waals surface area contributed by atoms with Gasteiger partial charge in [-0.25, -0.2) is 4.68 Å². The summed E-state index contributed by atoms with van der Waals surface area (Å²) in [6.45, 7) is 7.62. The second kappa shape index (κ2) is 5.51. The van der Waals surface area contributed by atoms with Crippen LogP contribution in [0.4, 0.5) is 0 Å². The van der Waals surface area contributed by atoms with Crippen molar-refractivity contribution in [2.24, 2.45) is 7.05 Å². The molecule has 5 nitrogen and oxygen atoms in total. The molecule has 0 radical (unpaired) electrons. The number of aryl methyl sites for hydroxylation is 2. The fourth-order valence-corrected chi connectivity index (χ4v) is 2.43. The Morgan fingerprint density at radius 3 is 2.71 bits per heavy atom. The van der Waals surface area contributed by atoms with Crippen molar-refractivity contribution in [1.29, 1.82) is 0 Å². The number of nitrogens with zero attached hydrogens (tertiary/aromatic N) is 3. The Kier molecular flexibility index (Phi) is 4.02. The van der Waals surface area contributed by atoms with Crippen LogP contribution in [-0.4, -0.2) is 54.5 Å². The van der Waals surface area contributed by atoms with Crippen LogP contribution in [0.5, 0.6) is 5.88 Å². The van der Waals surface area contributed by atoms with E-state index in [4.69, 9.17) is 4.74 Å². The summed E-state index contributed by atoms with van der Waals surface area (Å²) >= 11 is 0. The van der Waals surface area contributed by atoms with E-state index in [1.54, 1.807) is 7.11 Å². The van der Waals surface area contributed by atoms with Crippen LogP contribution in [0.25, 0.3) is 0 Å². The summed E-state index contributed by atoms with van der Waals surface area (Å²) in [7, 11) is 3.64. The molecule has 1 N–H and O–H groups in total. The van der Waals surface area contributed by atoms with Crippen molar-refractivity contribution in [1.82, 2.24) is 20.0 Å². The lowest BCUT2D eigenvalue weighted by Gasteiger charge is -2.27. The van der Waals surface area contributed by atoms with E-state index >= 15 is 0 Å². The Hall–Kier alpha value is -1.07. The number of aromatic nitrogens is 2. The fraction of sp³-hybridized carbons (Fsp3) is 0.750. The van der Waals surface area contributed by atoms with Crippen LogP contribution in [0, 0.1) is 6.92 Å². The van der Waals surface area contributed by atoms with Gasteiger partial charge in [-0.1, -0.05) is 0 Å². The van der Waals surface area contributed by atoms with Crippen molar-refractivity contribution < 1.29 is 4.74 Å². The maximum Gasteiger partial charge on any atom is 0.214 e. The van der Waals surface area contributed by atoms with Crippen LogP contribution in [0.15, 0.2) is 0 Å². The van der Waals surface area contributed by atoms with Crippen LogP contribution in [0.1, 0.15) is 11.3 Å². The summed E-state index contributed by atoms with van der Waals surface area (Å²) in [4.78, 5) is 2.49. The van der Waals surface area contributed by atoms with E-state index in [0.717, 1.165) is 50.7 Å². The first-order valence-corrected chi connectivity index (χ1v) is 6.22. The molecule has 1 aliphatic heterocycles. The summed E-state index contributed by atoms with van der Waals surface area (Å²) in [5.74, 6) is 0.901. The van der Waals surface area contributed by atoms with Gasteiger partial charge in [0, 0.05) is 45.3 Å². The molecule has 1 fully saturated rings. The highest BCUT2D eigenvalue weighted by Crippen LogP contribution is 2.21. The molecular formula is C12H22N4O. The van der Waals surface area contributed by atoms with Crippen molar-refractivity contribution in [2.45, 2.75) is 13.3 Å². The molecule has 0 unspecified atom stereocenters. The van der Waals surface area contributed by atoms with Gasteiger partial charge in [0.05, 0.1) is 12.8 Å². The Morgan fingerprint density at radius 1 is 1.35 bits per heavy atom. The first-order valence-electron chi connectivity index (χ1n) is 6.22. The van der Waals surface area contributed by atoms with Crippen molar-refractivity contribution in [2.75, 3.05) is 39.8 Å². The summed E-state index contributed by atoms with van der Waals surface area (Å²) in [5.41, 5.74) is 2.33. The van der Waals surface area contributed by atoms with Gasteiger partial charge in [0.15, 0.2) is 0 Å². The molecule has 1 aromatic heterocycles. The van der Waals surface area contributed by atoms with Crippen molar-refractivity contribution in [3.8, 4) is 5.88 Å². The lowest BCUT2D eigenvalue weighted by molar-refractivity contribution is 0.242. The molecule has 2 rings (SSSR count). The van der Waals surface area contributed by atoms with Gasteiger partial charge in [-0.3, -0.25) is 0 Å². The van der Waals surface area contributed by atoms with E-state index in [1.807, 2.05) is 11.7 Å². The molecular weight excluding hydrogens is 216 g/mol. The monoisotopic (exact) mass is 238 g/mol. The van der Waals surface area contributed by atoms with Crippen molar-refractivity contribution in [3.63, 3.8) is 0 Å². The number of hydrogen-bond donors (Lipinski definition) is 1. The highest BCUT2D eigenvalue weighted by Gasteiger charge is 2.16. The van der Waals surface area contributed by atoms with E-state index in [9.17, 15) is 0 Å². The predicted molar refractivity (Wildman–Crippen MR) is 67.5 cm³/mol. The largest absolute Gasteiger partial charge is 0.481 e. The lowest BCUT2D eigenvalue weighted by Crippen LogP contribution is -2.44. The second-order valence-corrected chi connectivity index (χ2v) is 4.54. The summed E-state index contributed by atoms with van der Waals surface area (Å²) in [6.07, 6.45) is 1.02. The van der Waals surface area contributed by atoms with Gasteiger partial charge in [0.1, 0.15) is 0 Å².